The first-order valence-electron chi connectivity index (χ1n) is 3.77. The monoisotopic (exact) mass is 229 g/mol. The van der Waals surface area contributed by atoms with Gasteiger partial charge in [-0.2, -0.15) is 0 Å². The minimum atomic E-state index is 0.442. The fraction of sp³-hybridized carbons (Fsp3) is 0.111. The van der Waals surface area contributed by atoms with Crippen molar-refractivity contribution in [2.24, 2.45) is 0 Å². The van der Waals surface area contributed by atoms with E-state index < -0.39 is 0 Å². The molecule has 1 heterocycles. The highest BCUT2D eigenvalue weighted by molar-refractivity contribution is 7.80. The standard InChI is InChI=1S/C9H8ClNS2/c10-4-6-8(11)7(12)3-5-1-2-13-9(5)6/h1-3,12H,4,11H2. The van der Waals surface area contributed by atoms with E-state index in [1.807, 2.05) is 11.4 Å². The average molecular weight is 230 g/mol. The Bertz CT molecular complexity index is 450. The molecule has 0 aliphatic carbocycles. The van der Waals surface area contributed by atoms with Crippen molar-refractivity contribution in [2.45, 2.75) is 10.8 Å². The Morgan fingerprint density at radius 3 is 3.00 bits per heavy atom. The van der Waals surface area contributed by atoms with Crippen LogP contribution < -0.4 is 5.73 Å². The Labute approximate surface area is 90.9 Å². The van der Waals surface area contributed by atoms with Crippen LogP contribution in [0, 0.1) is 0 Å². The second kappa shape index (κ2) is 3.40. The van der Waals surface area contributed by atoms with Gasteiger partial charge in [0.2, 0.25) is 0 Å². The molecule has 0 unspecified atom stereocenters. The number of nitrogen functional groups attached to an aromatic ring is 1. The molecule has 0 saturated carbocycles. The Hall–Kier alpha value is -0.380. The van der Waals surface area contributed by atoms with E-state index >= 15 is 0 Å². The summed E-state index contributed by atoms with van der Waals surface area (Å²) in [6.07, 6.45) is 0. The number of halogens is 1. The Balaban J connectivity index is 2.87. The zero-order valence-corrected chi connectivity index (χ0v) is 9.22. The minimum Gasteiger partial charge on any atom is -0.398 e. The zero-order valence-electron chi connectivity index (χ0n) is 6.75. The van der Waals surface area contributed by atoms with Gasteiger partial charge in [0.15, 0.2) is 0 Å². The van der Waals surface area contributed by atoms with E-state index in [-0.39, 0.29) is 0 Å². The molecular weight excluding hydrogens is 222 g/mol. The minimum absolute atomic E-state index is 0.442. The van der Waals surface area contributed by atoms with E-state index in [9.17, 15) is 0 Å². The number of rotatable bonds is 1. The van der Waals surface area contributed by atoms with Crippen molar-refractivity contribution in [3.63, 3.8) is 0 Å². The van der Waals surface area contributed by atoms with Gasteiger partial charge in [-0.25, -0.2) is 0 Å². The maximum absolute atomic E-state index is 5.86. The van der Waals surface area contributed by atoms with Gasteiger partial charge in [0.25, 0.3) is 0 Å². The van der Waals surface area contributed by atoms with Crippen LogP contribution >= 0.6 is 35.6 Å². The van der Waals surface area contributed by atoms with Crippen molar-refractivity contribution in [1.82, 2.24) is 0 Å². The molecule has 2 aromatic rings. The molecule has 1 aromatic carbocycles. The van der Waals surface area contributed by atoms with Crippen LogP contribution in [-0.4, -0.2) is 0 Å². The van der Waals surface area contributed by atoms with Crippen molar-refractivity contribution in [1.29, 1.82) is 0 Å². The first-order chi connectivity index (χ1) is 6.24. The van der Waals surface area contributed by atoms with Crippen molar-refractivity contribution < 1.29 is 0 Å². The van der Waals surface area contributed by atoms with Crippen LogP contribution in [0.15, 0.2) is 22.4 Å². The maximum Gasteiger partial charge on any atom is 0.0509 e. The van der Waals surface area contributed by atoms with Gasteiger partial charge in [-0.1, -0.05) is 0 Å². The predicted octanol–water partition coefficient (Wildman–Crippen LogP) is 3.51. The van der Waals surface area contributed by atoms with Crippen LogP contribution in [0.5, 0.6) is 0 Å². The molecule has 1 nitrogen and oxygen atoms in total. The number of thiol groups is 1. The quantitative estimate of drug-likeness (QED) is 0.437. The molecule has 0 atom stereocenters. The molecule has 13 heavy (non-hydrogen) atoms. The molecule has 0 radical (unpaired) electrons. The third kappa shape index (κ3) is 1.41. The molecule has 68 valence electrons. The number of fused-ring (bicyclic) bond motifs is 1. The summed E-state index contributed by atoms with van der Waals surface area (Å²) in [5.41, 5.74) is 7.57. The fourth-order valence-electron chi connectivity index (χ4n) is 1.31. The topological polar surface area (TPSA) is 26.0 Å². The highest BCUT2D eigenvalue weighted by Crippen LogP contribution is 2.34. The largest absolute Gasteiger partial charge is 0.398 e. The molecule has 0 spiro atoms. The van der Waals surface area contributed by atoms with E-state index in [1.54, 1.807) is 11.3 Å². The van der Waals surface area contributed by atoms with E-state index in [2.05, 4.69) is 18.7 Å². The van der Waals surface area contributed by atoms with Gasteiger partial charge in [-0.15, -0.1) is 35.6 Å². The van der Waals surface area contributed by atoms with Crippen molar-refractivity contribution >= 4 is 51.3 Å². The predicted molar refractivity (Wildman–Crippen MR) is 63.0 cm³/mol. The van der Waals surface area contributed by atoms with E-state index in [0.29, 0.717) is 11.6 Å². The zero-order chi connectivity index (χ0) is 9.42. The smallest absolute Gasteiger partial charge is 0.0509 e. The van der Waals surface area contributed by atoms with Crippen LogP contribution in [0.25, 0.3) is 10.1 Å². The third-order valence-corrected chi connectivity index (χ3v) is 3.62. The van der Waals surface area contributed by atoms with Crippen molar-refractivity contribution in [3.05, 3.63) is 23.1 Å². The molecule has 0 amide bonds. The molecule has 2 N–H and O–H groups in total. The number of hydrogen-bond acceptors (Lipinski definition) is 3. The maximum atomic E-state index is 5.86. The number of benzene rings is 1. The molecule has 4 heteroatoms. The number of anilines is 1. The van der Waals surface area contributed by atoms with Crippen LogP contribution in [0.2, 0.25) is 0 Å². The van der Waals surface area contributed by atoms with Crippen molar-refractivity contribution in [2.75, 3.05) is 5.73 Å². The average Bonchev–Trinajstić information content (AvgIpc) is 2.54. The van der Waals surface area contributed by atoms with E-state index in [4.69, 9.17) is 17.3 Å². The molecular formula is C9H8ClNS2. The number of thiophene rings is 1. The Morgan fingerprint density at radius 2 is 2.31 bits per heavy atom. The first-order valence-corrected chi connectivity index (χ1v) is 5.63. The summed E-state index contributed by atoms with van der Waals surface area (Å²) in [5.74, 6) is 0.442. The summed E-state index contributed by atoms with van der Waals surface area (Å²) < 4.78 is 1.17. The summed E-state index contributed by atoms with van der Waals surface area (Å²) in [7, 11) is 0. The number of alkyl halides is 1. The van der Waals surface area contributed by atoms with Crippen LogP contribution in [0.1, 0.15) is 5.56 Å². The summed E-state index contributed by atoms with van der Waals surface area (Å²) in [6.45, 7) is 0. The van der Waals surface area contributed by atoms with Gasteiger partial charge in [-0.05, 0) is 22.9 Å². The number of nitrogens with two attached hydrogens (primary N) is 1. The highest BCUT2D eigenvalue weighted by Gasteiger charge is 2.08. The molecule has 0 fully saturated rings. The summed E-state index contributed by atoms with van der Waals surface area (Å²) in [5, 5.41) is 3.20. The van der Waals surface area contributed by atoms with E-state index in [1.165, 1.54) is 10.1 Å². The van der Waals surface area contributed by atoms with Gasteiger partial charge in [-0.3, -0.25) is 0 Å². The molecule has 2 rings (SSSR count). The van der Waals surface area contributed by atoms with Crippen molar-refractivity contribution in [3.8, 4) is 0 Å². The molecule has 0 saturated heterocycles. The van der Waals surface area contributed by atoms with Gasteiger partial charge < -0.3 is 5.73 Å². The number of hydrogen-bond donors (Lipinski definition) is 2. The van der Waals surface area contributed by atoms with Crippen LogP contribution in [0.3, 0.4) is 0 Å². The lowest BCUT2D eigenvalue weighted by Crippen LogP contribution is -1.93. The van der Waals surface area contributed by atoms with Gasteiger partial charge >= 0.3 is 0 Å². The lowest BCUT2D eigenvalue weighted by Gasteiger charge is -2.06. The lowest BCUT2D eigenvalue weighted by molar-refractivity contribution is 1.39. The summed E-state index contributed by atoms with van der Waals surface area (Å²) in [4.78, 5) is 0.807. The van der Waals surface area contributed by atoms with Gasteiger partial charge in [0.1, 0.15) is 0 Å². The summed E-state index contributed by atoms with van der Waals surface area (Å²) in [6, 6.07) is 4.02. The molecule has 0 bridgehead atoms. The van der Waals surface area contributed by atoms with Crippen LogP contribution in [0.4, 0.5) is 5.69 Å². The summed E-state index contributed by atoms with van der Waals surface area (Å²) >= 11 is 11.8. The van der Waals surface area contributed by atoms with Crippen LogP contribution in [-0.2, 0) is 5.88 Å². The normalized spacial score (nSPS) is 10.9. The first kappa shape index (κ1) is 9.19. The molecule has 0 aliphatic rings. The molecule has 0 aliphatic heterocycles. The van der Waals surface area contributed by atoms with Gasteiger partial charge in [0, 0.05) is 15.2 Å². The Kier molecular flexibility index (Phi) is 2.41. The fourth-order valence-corrected chi connectivity index (χ4v) is 2.88. The van der Waals surface area contributed by atoms with Gasteiger partial charge in [0.05, 0.1) is 11.6 Å². The highest BCUT2D eigenvalue weighted by atomic mass is 35.5. The SMILES string of the molecule is Nc1c(S)cc2ccsc2c1CCl. The lowest BCUT2D eigenvalue weighted by atomic mass is 10.1. The second-order valence-corrected chi connectivity index (χ2v) is 4.43. The molecule has 1 aromatic heterocycles. The second-order valence-electron chi connectivity index (χ2n) is 2.76. The Morgan fingerprint density at radius 1 is 1.54 bits per heavy atom. The van der Waals surface area contributed by atoms with E-state index in [0.717, 1.165) is 10.5 Å². The third-order valence-electron chi connectivity index (χ3n) is 2.00.